The number of rotatable bonds is 6. The van der Waals surface area contributed by atoms with E-state index in [9.17, 15) is 0 Å². The van der Waals surface area contributed by atoms with E-state index in [1.54, 1.807) is 0 Å². The molecule has 1 N–H and O–H groups in total. The summed E-state index contributed by atoms with van der Waals surface area (Å²) in [6, 6.07) is 8.20. The summed E-state index contributed by atoms with van der Waals surface area (Å²) in [4.78, 5) is 0. The molecule has 1 heterocycles. The molecule has 1 aromatic rings. The Hall–Kier alpha value is -1.06. The molecule has 0 aliphatic carbocycles. The fourth-order valence-electron chi connectivity index (χ4n) is 2.28. The van der Waals surface area contributed by atoms with Gasteiger partial charge in [-0.2, -0.15) is 0 Å². The Morgan fingerprint density at radius 2 is 2.22 bits per heavy atom. The van der Waals surface area contributed by atoms with Crippen molar-refractivity contribution < 1.29 is 9.47 Å². The molecule has 3 heteroatoms. The maximum atomic E-state index is 5.70. The van der Waals surface area contributed by atoms with Crippen LogP contribution in [-0.2, 0) is 11.3 Å². The quantitative estimate of drug-likeness (QED) is 0.841. The molecule has 1 atom stereocenters. The van der Waals surface area contributed by atoms with Crippen LogP contribution in [0.3, 0.4) is 0 Å². The summed E-state index contributed by atoms with van der Waals surface area (Å²) in [6.07, 6.45) is 4.07. The van der Waals surface area contributed by atoms with E-state index in [1.807, 2.05) is 19.1 Å². The van der Waals surface area contributed by atoms with Gasteiger partial charge in [0.2, 0.25) is 0 Å². The normalized spacial score (nSPS) is 19.7. The van der Waals surface area contributed by atoms with Crippen molar-refractivity contribution in [3.05, 3.63) is 29.8 Å². The van der Waals surface area contributed by atoms with Gasteiger partial charge in [0.05, 0.1) is 12.7 Å². The molecule has 0 amide bonds. The van der Waals surface area contributed by atoms with Crippen LogP contribution in [0.15, 0.2) is 24.3 Å². The number of hydrogen-bond donors (Lipinski definition) is 1. The zero-order chi connectivity index (χ0) is 12.6. The predicted molar refractivity (Wildman–Crippen MR) is 72.9 cm³/mol. The smallest absolute Gasteiger partial charge is 0.123 e. The van der Waals surface area contributed by atoms with E-state index in [4.69, 9.17) is 9.47 Å². The first-order chi connectivity index (χ1) is 8.90. The average molecular weight is 249 g/mol. The minimum absolute atomic E-state index is 0.387. The van der Waals surface area contributed by atoms with Crippen molar-refractivity contribution >= 4 is 0 Å². The average Bonchev–Trinajstić information content (AvgIpc) is 2.42. The number of ether oxygens (including phenoxy) is 2. The van der Waals surface area contributed by atoms with E-state index in [-0.39, 0.29) is 0 Å². The lowest BCUT2D eigenvalue weighted by Crippen LogP contribution is -2.31. The lowest BCUT2D eigenvalue weighted by molar-refractivity contribution is 0.0167. The second-order valence-corrected chi connectivity index (χ2v) is 4.66. The molecule has 0 aromatic heterocycles. The molecule has 1 aliphatic rings. The lowest BCUT2D eigenvalue weighted by Gasteiger charge is -2.23. The van der Waals surface area contributed by atoms with Crippen LogP contribution >= 0.6 is 0 Å². The Morgan fingerprint density at radius 1 is 1.33 bits per heavy atom. The summed E-state index contributed by atoms with van der Waals surface area (Å²) in [5.74, 6) is 0.983. The predicted octanol–water partition coefficient (Wildman–Crippen LogP) is 2.74. The van der Waals surface area contributed by atoms with Gasteiger partial charge in [-0.25, -0.2) is 0 Å². The first kappa shape index (κ1) is 13.4. The van der Waals surface area contributed by atoms with E-state index in [0.717, 1.165) is 25.4 Å². The van der Waals surface area contributed by atoms with E-state index < -0.39 is 0 Å². The number of nitrogens with one attached hydrogen (secondary N) is 1. The number of hydrogen-bond acceptors (Lipinski definition) is 3. The molecule has 1 aliphatic heterocycles. The summed E-state index contributed by atoms with van der Waals surface area (Å²) in [5, 5.41) is 3.47. The molecule has 3 nitrogen and oxygen atoms in total. The van der Waals surface area contributed by atoms with Gasteiger partial charge in [-0.05, 0) is 32.3 Å². The van der Waals surface area contributed by atoms with Crippen molar-refractivity contribution in [1.82, 2.24) is 5.32 Å². The molecule has 0 saturated carbocycles. The summed E-state index contributed by atoms with van der Waals surface area (Å²) < 4.78 is 11.3. The van der Waals surface area contributed by atoms with Gasteiger partial charge in [-0.3, -0.25) is 0 Å². The Balaban J connectivity index is 1.78. The van der Waals surface area contributed by atoms with Crippen molar-refractivity contribution in [3.8, 4) is 5.75 Å². The molecule has 1 saturated heterocycles. The van der Waals surface area contributed by atoms with Crippen LogP contribution in [-0.4, -0.2) is 25.9 Å². The Morgan fingerprint density at radius 3 is 3.00 bits per heavy atom. The third kappa shape index (κ3) is 4.00. The fraction of sp³-hybridized carbons (Fsp3) is 0.600. The molecule has 2 rings (SSSR count). The molecule has 0 radical (unpaired) electrons. The standard InChI is InChI=1S/C15H23NO2/c1-2-17-15-9-4-3-7-13(15)11-16-12-14-8-5-6-10-18-14/h3-4,7,9,14,16H,2,5-6,8,10-12H2,1H3. The highest BCUT2D eigenvalue weighted by Crippen LogP contribution is 2.18. The van der Waals surface area contributed by atoms with Gasteiger partial charge in [0.25, 0.3) is 0 Å². The van der Waals surface area contributed by atoms with Crippen LogP contribution < -0.4 is 10.1 Å². The van der Waals surface area contributed by atoms with Crippen molar-refractivity contribution in [2.75, 3.05) is 19.8 Å². The topological polar surface area (TPSA) is 30.5 Å². The number of benzene rings is 1. The van der Waals surface area contributed by atoms with Crippen molar-refractivity contribution in [2.24, 2.45) is 0 Å². The van der Waals surface area contributed by atoms with Crippen molar-refractivity contribution in [1.29, 1.82) is 0 Å². The van der Waals surface area contributed by atoms with Crippen molar-refractivity contribution in [2.45, 2.75) is 38.8 Å². The molecule has 1 aromatic carbocycles. The molecular weight excluding hydrogens is 226 g/mol. The van der Waals surface area contributed by atoms with Crippen LogP contribution in [0.2, 0.25) is 0 Å². The van der Waals surface area contributed by atoms with Crippen LogP contribution in [0.4, 0.5) is 0 Å². The second kappa shape index (κ2) is 7.39. The maximum Gasteiger partial charge on any atom is 0.123 e. The number of para-hydroxylation sites is 1. The van der Waals surface area contributed by atoms with Gasteiger partial charge in [-0.15, -0.1) is 0 Å². The van der Waals surface area contributed by atoms with Crippen LogP contribution in [0.1, 0.15) is 31.7 Å². The largest absolute Gasteiger partial charge is 0.494 e. The summed E-state index contributed by atoms with van der Waals surface area (Å²) in [5.41, 5.74) is 1.22. The van der Waals surface area contributed by atoms with E-state index in [2.05, 4.69) is 17.4 Å². The fourth-order valence-corrected chi connectivity index (χ4v) is 2.28. The van der Waals surface area contributed by atoms with Gasteiger partial charge in [0.1, 0.15) is 5.75 Å². The third-order valence-electron chi connectivity index (χ3n) is 3.23. The molecular formula is C15H23NO2. The summed E-state index contributed by atoms with van der Waals surface area (Å²) in [6.45, 7) is 5.42. The van der Waals surface area contributed by atoms with Crippen LogP contribution in [0.25, 0.3) is 0 Å². The summed E-state index contributed by atoms with van der Waals surface area (Å²) >= 11 is 0. The minimum atomic E-state index is 0.387. The van der Waals surface area contributed by atoms with Crippen LogP contribution in [0, 0.1) is 0 Å². The third-order valence-corrected chi connectivity index (χ3v) is 3.23. The van der Waals surface area contributed by atoms with E-state index in [1.165, 1.54) is 24.8 Å². The van der Waals surface area contributed by atoms with Gasteiger partial charge in [0, 0.05) is 25.3 Å². The molecule has 100 valence electrons. The molecule has 0 bridgehead atoms. The highest BCUT2D eigenvalue weighted by Gasteiger charge is 2.13. The van der Waals surface area contributed by atoms with Crippen molar-refractivity contribution in [3.63, 3.8) is 0 Å². The SMILES string of the molecule is CCOc1ccccc1CNCC1CCCCO1. The Kier molecular flexibility index (Phi) is 5.49. The molecule has 1 fully saturated rings. The van der Waals surface area contributed by atoms with Gasteiger partial charge >= 0.3 is 0 Å². The van der Waals surface area contributed by atoms with Gasteiger partial charge in [0.15, 0.2) is 0 Å². The van der Waals surface area contributed by atoms with Crippen LogP contribution in [0.5, 0.6) is 5.75 Å². The zero-order valence-electron chi connectivity index (χ0n) is 11.2. The van der Waals surface area contributed by atoms with E-state index >= 15 is 0 Å². The molecule has 0 spiro atoms. The lowest BCUT2D eigenvalue weighted by atomic mass is 10.1. The Labute approximate surface area is 109 Å². The highest BCUT2D eigenvalue weighted by atomic mass is 16.5. The first-order valence-electron chi connectivity index (χ1n) is 6.93. The summed E-state index contributed by atoms with van der Waals surface area (Å²) in [7, 11) is 0. The molecule has 1 unspecified atom stereocenters. The van der Waals surface area contributed by atoms with Gasteiger partial charge < -0.3 is 14.8 Å². The highest BCUT2D eigenvalue weighted by molar-refractivity contribution is 5.33. The first-order valence-corrected chi connectivity index (χ1v) is 6.93. The Bertz CT molecular complexity index is 348. The van der Waals surface area contributed by atoms with Gasteiger partial charge in [-0.1, -0.05) is 18.2 Å². The molecule has 18 heavy (non-hydrogen) atoms. The second-order valence-electron chi connectivity index (χ2n) is 4.66. The monoisotopic (exact) mass is 249 g/mol. The maximum absolute atomic E-state index is 5.70. The minimum Gasteiger partial charge on any atom is -0.494 e. The van der Waals surface area contributed by atoms with E-state index in [0.29, 0.717) is 12.7 Å². The zero-order valence-corrected chi connectivity index (χ0v) is 11.2.